The highest BCUT2D eigenvalue weighted by molar-refractivity contribution is 6.32. The summed E-state index contributed by atoms with van der Waals surface area (Å²) in [5.41, 5.74) is 0. The summed E-state index contributed by atoms with van der Waals surface area (Å²) in [6.45, 7) is 7.40. The molecule has 0 bridgehead atoms. The Balaban J connectivity index is 2.06. The van der Waals surface area contributed by atoms with Gasteiger partial charge in [0.1, 0.15) is 5.02 Å². The fourth-order valence-corrected chi connectivity index (χ4v) is 2.35. The summed E-state index contributed by atoms with van der Waals surface area (Å²) in [7, 11) is 0. The monoisotopic (exact) mass is 297 g/mol. The zero-order chi connectivity index (χ0) is 14.5. The summed E-state index contributed by atoms with van der Waals surface area (Å²) in [6.07, 6.45) is 2.64. The number of piperazine rings is 1. The van der Waals surface area contributed by atoms with Crippen molar-refractivity contribution in [2.45, 2.75) is 20.3 Å². The fraction of sp³-hybridized carbons (Fsp3) is 0.615. The molecule has 1 fully saturated rings. The van der Waals surface area contributed by atoms with Crippen molar-refractivity contribution in [3.05, 3.63) is 11.2 Å². The van der Waals surface area contributed by atoms with Gasteiger partial charge in [-0.05, 0) is 6.42 Å². The summed E-state index contributed by atoms with van der Waals surface area (Å²) in [5, 5.41) is 3.70. The largest absolute Gasteiger partial charge is 0.354 e. The second-order valence-corrected chi connectivity index (χ2v) is 5.19. The van der Waals surface area contributed by atoms with E-state index in [1.807, 2.05) is 4.90 Å². The molecule has 1 amide bonds. The molecule has 0 saturated carbocycles. The van der Waals surface area contributed by atoms with Crippen LogP contribution >= 0.6 is 11.6 Å². The third-order valence-corrected chi connectivity index (χ3v) is 3.55. The van der Waals surface area contributed by atoms with Gasteiger partial charge in [0.15, 0.2) is 5.82 Å². The molecule has 1 aliphatic rings. The zero-order valence-corrected chi connectivity index (χ0v) is 12.7. The van der Waals surface area contributed by atoms with Gasteiger partial charge in [-0.2, -0.15) is 4.98 Å². The number of aromatic nitrogens is 2. The number of hydrogen-bond acceptors (Lipinski definition) is 5. The van der Waals surface area contributed by atoms with Crippen LogP contribution in [0, 0.1) is 0 Å². The zero-order valence-electron chi connectivity index (χ0n) is 11.9. The Morgan fingerprint density at radius 3 is 2.70 bits per heavy atom. The molecule has 110 valence electrons. The Kier molecular flexibility index (Phi) is 5.00. The van der Waals surface area contributed by atoms with Gasteiger partial charge in [-0.3, -0.25) is 4.79 Å². The van der Waals surface area contributed by atoms with Crippen LogP contribution in [0.2, 0.25) is 5.02 Å². The molecule has 6 nitrogen and oxygen atoms in total. The van der Waals surface area contributed by atoms with E-state index in [9.17, 15) is 4.79 Å². The quantitative estimate of drug-likeness (QED) is 0.915. The smallest absolute Gasteiger partial charge is 0.224 e. The molecule has 1 saturated heterocycles. The lowest BCUT2D eigenvalue weighted by Gasteiger charge is -2.35. The molecular weight excluding hydrogens is 278 g/mol. The van der Waals surface area contributed by atoms with Gasteiger partial charge < -0.3 is 15.1 Å². The maximum Gasteiger partial charge on any atom is 0.224 e. The maximum absolute atomic E-state index is 11.3. The highest BCUT2D eigenvalue weighted by atomic mass is 35.5. The highest BCUT2D eigenvalue weighted by Crippen LogP contribution is 2.24. The van der Waals surface area contributed by atoms with Gasteiger partial charge in [0.05, 0.1) is 6.20 Å². The molecule has 0 atom stereocenters. The van der Waals surface area contributed by atoms with E-state index in [1.165, 1.54) is 0 Å². The number of rotatable bonds is 4. The first-order valence-electron chi connectivity index (χ1n) is 6.88. The van der Waals surface area contributed by atoms with Crippen LogP contribution in [-0.2, 0) is 4.79 Å². The molecule has 1 aliphatic heterocycles. The second kappa shape index (κ2) is 6.74. The van der Waals surface area contributed by atoms with Gasteiger partial charge in [0.2, 0.25) is 11.9 Å². The van der Waals surface area contributed by atoms with E-state index < -0.39 is 0 Å². The number of nitrogens with zero attached hydrogens (tertiary/aromatic N) is 4. The first kappa shape index (κ1) is 14.8. The lowest BCUT2D eigenvalue weighted by atomic mass is 10.3. The number of nitrogens with one attached hydrogen (secondary N) is 1. The first-order valence-corrected chi connectivity index (χ1v) is 7.26. The number of carbonyl (C=O) groups excluding carboxylic acids is 1. The van der Waals surface area contributed by atoms with Crippen LogP contribution in [0.5, 0.6) is 0 Å². The van der Waals surface area contributed by atoms with Gasteiger partial charge >= 0.3 is 0 Å². The van der Waals surface area contributed by atoms with Crippen molar-refractivity contribution in [1.29, 1.82) is 0 Å². The molecule has 2 rings (SSSR count). The van der Waals surface area contributed by atoms with Crippen molar-refractivity contribution < 1.29 is 4.79 Å². The standard InChI is InChI=1S/C13H20ClN5O/c1-3-4-15-13-16-9-11(14)12(17-13)19-7-5-18(6-8-19)10(2)20/h9H,3-8H2,1-2H3,(H,15,16,17). The van der Waals surface area contributed by atoms with Crippen LogP contribution in [0.3, 0.4) is 0 Å². The minimum Gasteiger partial charge on any atom is -0.354 e. The Bertz CT molecular complexity index is 474. The molecule has 2 heterocycles. The average molecular weight is 298 g/mol. The Morgan fingerprint density at radius 2 is 2.10 bits per heavy atom. The molecule has 20 heavy (non-hydrogen) atoms. The van der Waals surface area contributed by atoms with Crippen molar-refractivity contribution in [3.63, 3.8) is 0 Å². The Hall–Kier alpha value is -1.56. The van der Waals surface area contributed by atoms with E-state index in [1.54, 1.807) is 13.1 Å². The van der Waals surface area contributed by atoms with Crippen LogP contribution < -0.4 is 10.2 Å². The summed E-state index contributed by atoms with van der Waals surface area (Å²) in [5.74, 6) is 1.45. The fourth-order valence-electron chi connectivity index (χ4n) is 2.14. The van der Waals surface area contributed by atoms with E-state index in [0.29, 0.717) is 24.1 Å². The SMILES string of the molecule is CCCNc1ncc(Cl)c(N2CCN(C(C)=O)CC2)n1. The van der Waals surface area contributed by atoms with E-state index in [4.69, 9.17) is 11.6 Å². The minimum atomic E-state index is 0.115. The van der Waals surface area contributed by atoms with Gasteiger partial charge in [-0.25, -0.2) is 4.98 Å². The lowest BCUT2D eigenvalue weighted by Crippen LogP contribution is -2.48. The van der Waals surface area contributed by atoms with Crippen molar-refractivity contribution in [2.24, 2.45) is 0 Å². The van der Waals surface area contributed by atoms with Crippen molar-refractivity contribution in [2.75, 3.05) is 42.9 Å². The highest BCUT2D eigenvalue weighted by Gasteiger charge is 2.21. The third-order valence-electron chi connectivity index (χ3n) is 3.28. The molecular formula is C13H20ClN5O. The van der Waals surface area contributed by atoms with Gasteiger partial charge in [-0.15, -0.1) is 0 Å². The van der Waals surface area contributed by atoms with E-state index in [-0.39, 0.29) is 5.91 Å². The molecule has 0 aliphatic carbocycles. The summed E-state index contributed by atoms with van der Waals surface area (Å²) >= 11 is 6.19. The molecule has 0 aromatic carbocycles. The van der Waals surface area contributed by atoms with Gasteiger partial charge in [0.25, 0.3) is 0 Å². The number of anilines is 2. The van der Waals surface area contributed by atoms with E-state index in [2.05, 4.69) is 27.1 Å². The average Bonchev–Trinajstić information content (AvgIpc) is 2.46. The van der Waals surface area contributed by atoms with Crippen LogP contribution in [0.1, 0.15) is 20.3 Å². The third kappa shape index (κ3) is 3.50. The normalized spacial score (nSPS) is 15.3. The number of hydrogen-bond donors (Lipinski definition) is 1. The molecule has 7 heteroatoms. The van der Waals surface area contributed by atoms with Crippen LogP contribution in [-0.4, -0.2) is 53.5 Å². The number of carbonyl (C=O) groups is 1. The summed E-state index contributed by atoms with van der Waals surface area (Å²) in [6, 6.07) is 0. The topological polar surface area (TPSA) is 61.4 Å². The van der Waals surface area contributed by atoms with Crippen molar-refractivity contribution in [1.82, 2.24) is 14.9 Å². The minimum absolute atomic E-state index is 0.115. The van der Waals surface area contributed by atoms with E-state index >= 15 is 0 Å². The molecule has 1 aromatic rings. The van der Waals surface area contributed by atoms with Crippen LogP contribution in [0.25, 0.3) is 0 Å². The Morgan fingerprint density at radius 1 is 1.40 bits per heavy atom. The predicted molar refractivity (Wildman–Crippen MR) is 80.3 cm³/mol. The molecule has 0 radical (unpaired) electrons. The predicted octanol–water partition coefficient (Wildman–Crippen LogP) is 1.62. The molecule has 0 spiro atoms. The molecule has 1 aromatic heterocycles. The number of amides is 1. The maximum atomic E-state index is 11.3. The summed E-state index contributed by atoms with van der Waals surface area (Å²) in [4.78, 5) is 23.9. The lowest BCUT2D eigenvalue weighted by molar-refractivity contribution is -0.129. The van der Waals surface area contributed by atoms with Crippen molar-refractivity contribution >= 4 is 29.3 Å². The molecule has 1 N–H and O–H groups in total. The second-order valence-electron chi connectivity index (χ2n) is 4.79. The van der Waals surface area contributed by atoms with Gasteiger partial charge in [-0.1, -0.05) is 18.5 Å². The first-order chi connectivity index (χ1) is 9.61. The summed E-state index contributed by atoms with van der Waals surface area (Å²) < 4.78 is 0. The van der Waals surface area contributed by atoms with Crippen LogP contribution in [0.15, 0.2) is 6.20 Å². The van der Waals surface area contributed by atoms with Crippen molar-refractivity contribution in [3.8, 4) is 0 Å². The molecule has 0 unspecified atom stereocenters. The Labute approximate surface area is 124 Å². The van der Waals surface area contributed by atoms with Gasteiger partial charge in [0, 0.05) is 39.6 Å². The number of halogens is 1. The van der Waals surface area contributed by atoms with E-state index in [0.717, 1.165) is 31.9 Å². The van der Waals surface area contributed by atoms with Crippen LogP contribution in [0.4, 0.5) is 11.8 Å².